The van der Waals surface area contributed by atoms with Crippen molar-refractivity contribution < 1.29 is 14.3 Å². The zero-order valence-corrected chi connectivity index (χ0v) is 14.4. The molecule has 2 heterocycles. The molecule has 0 amide bonds. The molecule has 0 aromatic carbocycles. The number of carbonyl (C=O) groups excluding carboxylic acids is 1. The average molecular weight is 333 g/mol. The van der Waals surface area contributed by atoms with E-state index in [1.807, 2.05) is 11.9 Å². The van der Waals surface area contributed by atoms with E-state index in [1.165, 1.54) is 32.1 Å². The molecule has 132 valence electrons. The summed E-state index contributed by atoms with van der Waals surface area (Å²) in [6, 6.07) is 0. The van der Waals surface area contributed by atoms with Crippen molar-refractivity contribution in [3.63, 3.8) is 0 Å². The summed E-state index contributed by atoms with van der Waals surface area (Å²) in [5.41, 5.74) is 4.40. The third kappa shape index (κ3) is 3.16. The Morgan fingerprint density at radius 3 is 2.79 bits per heavy atom. The molecule has 1 saturated heterocycles. The molecule has 2 aliphatic carbocycles. The summed E-state index contributed by atoms with van der Waals surface area (Å²) in [5.74, 6) is 0.948. The predicted molar refractivity (Wildman–Crippen MR) is 90.0 cm³/mol. The smallest absolute Gasteiger partial charge is 0.314 e. The molecule has 3 fully saturated rings. The number of aliphatic imine (C=N–C) groups is 1. The fraction of sp³-hybridized carbons (Fsp3) is 0.778. The number of carbonyl (C=O) groups is 1. The Morgan fingerprint density at radius 2 is 2.08 bits per heavy atom. The van der Waals surface area contributed by atoms with Crippen molar-refractivity contribution in [3.8, 4) is 0 Å². The van der Waals surface area contributed by atoms with E-state index in [1.54, 1.807) is 0 Å². The second-order valence-corrected chi connectivity index (χ2v) is 7.19. The van der Waals surface area contributed by atoms with Gasteiger partial charge in [0.05, 0.1) is 6.61 Å². The lowest BCUT2D eigenvalue weighted by atomic mass is 9.98. The van der Waals surface area contributed by atoms with Crippen LogP contribution in [0.5, 0.6) is 0 Å². The molecule has 6 nitrogen and oxygen atoms in total. The average Bonchev–Trinajstić information content (AvgIpc) is 3.35. The summed E-state index contributed by atoms with van der Waals surface area (Å²) >= 11 is 0. The standard InChI is InChI=1S/C18H27N3O3/c1-2-23-18(22)14-11-19-21-16(24-13-6-4-3-5-7-13)10-15(12-8-9-12)20-17(14)21/h10,12-14,17,19H,2-9,11H2,1H3. The van der Waals surface area contributed by atoms with Gasteiger partial charge in [-0.15, -0.1) is 0 Å². The van der Waals surface area contributed by atoms with Crippen LogP contribution in [0.25, 0.3) is 0 Å². The Morgan fingerprint density at radius 1 is 1.29 bits per heavy atom. The van der Waals surface area contributed by atoms with Crippen molar-refractivity contribution in [2.75, 3.05) is 13.2 Å². The third-order valence-corrected chi connectivity index (χ3v) is 5.32. The second-order valence-electron chi connectivity index (χ2n) is 7.19. The molecular formula is C18H27N3O3. The first-order valence-electron chi connectivity index (χ1n) is 9.41. The SMILES string of the molecule is CCOC(=O)C1CNN2C(OC3CCCCC3)=CC(C3CC3)=NC12. The molecular weight excluding hydrogens is 306 g/mol. The van der Waals surface area contributed by atoms with E-state index >= 15 is 0 Å². The minimum Gasteiger partial charge on any atom is -0.475 e. The molecule has 1 N–H and O–H groups in total. The quantitative estimate of drug-likeness (QED) is 0.783. The van der Waals surface area contributed by atoms with Crippen LogP contribution in [0.15, 0.2) is 17.0 Å². The zero-order valence-electron chi connectivity index (χ0n) is 14.4. The van der Waals surface area contributed by atoms with Gasteiger partial charge >= 0.3 is 5.97 Å². The van der Waals surface area contributed by atoms with Gasteiger partial charge in [0.15, 0.2) is 6.17 Å². The van der Waals surface area contributed by atoms with Crippen LogP contribution < -0.4 is 5.43 Å². The monoisotopic (exact) mass is 333 g/mol. The lowest BCUT2D eigenvalue weighted by molar-refractivity contribution is -0.148. The number of hydrazine groups is 1. The van der Waals surface area contributed by atoms with Gasteiger partial charge in [0, 0.05) is 24.3 Å². The molecule has 6 heteroatoms. The van der Waals surface area contributed by atoms with Crippen molar-refractivity contribution in [2.45, 2.75) is 64.1 Å². The van der Waals surface area contributed by atoms with E-state index in [9.17, 15) is 4.79 Å². The van der Waals surface area contributed by atoms with Crippen LogP contribution >= 0.6 is 0 Å². The molecule has 0 bridgehead atoms. The minimum atomic E-state index is -0.266. The van der Waals surface area contributed by atoms with Crippen LogP contribution in [-0.4, -0.2) is 42.1 Å². The maximum Gasteiger partial charge on any atom is 0.314 e. The summed E-state index contributed by atoms with van der Waals surface area (Å²) in [5, 5.41) is 1.95. The van der Waals surface area contributed by atoms with Crippen molar-refractivity contribution in [2.24, 2.45) is 16.8 Å². The van der Waals surface area contributed by atoms with Crippen LogP contribution in [0.4, 0.5) is 0 Å². The molecule has 2 saturated carbocycles. The highest BCUT2D eigenvalue weighted by atomic mass is 16.5. The fourth-order valence-corrected chi connectivity index (χ4v) is 3.82. The second kappa shape index (κ2) is 6.75. The van der Waals surface area contributed by atoms with E-state index in [2.05, 4.69) is 11.5 Å². The molecule has 0 spiro atoms. The molecule has 2 atom stereocenters. The van der Waals surface area contributed by atoms with E-state index in [0.717, 1.165) is 24.4 Å². The lowest BCUT2D eigenvalue weighted by Gasteiger charge is -2.34. The number of nitrogens with zero attached hydrogens (tertiary/aromatic N) is 2. The van der Waals surface area contributed by atoms with Crippen molar-refractivity contribution in [3.05, 3.63) is 12.0 Å². The first-order chi connectivity index (χ1) is 11.8. The van der Waals surface area contributed by atoms with E-state index in [0.29, 0.717) is 19.1 Å². The predicted octanol–water partition coefficient (Wildman–Crippen LogP) is 2.37. The Hall–Kier alpha value is -1.56. The first-order valence-corrected chi connectivity index (χ1v) is 9.41. The molecule has 4 rings (SSSR count). The summed E-state index contributed by atoms with van der Waals surface area (Å²) in [6.45, 7) is 2.80. The van der Waals surface area contributed by atoms with Crippen molar-refractivity contribution in [1.82, 2.24) is 10.4 Å². The van der Waals surface area contributed by atoms with Gasteiger partial charge in [0.2, 0.25) is 5.88 Å². The van der Waals surface area contributed by atoms with Gasteiger partial charge in [0.25, 0.3) is 0 Å². The fourth-order valence-electron chi connectivity index (χ4n) is 3.82. The van der Waals surface area contributed by atoms with Gasteiger partial charge in [-0.3, -0.25) is 14.8 Å². The normalized spacial score (nSPS) is 30.5. The largest absolute Gasteiger partial charge is 0.475 e. The van der Waals surface area contributed by atoms with Gasteiger partial charge < -0.3 is 9.47 Å². The number of nitrogens with one attached hydrogen (secondary N) is 1. The first kappa shape index (κ1) is 15.9. The number of fused-ring (bicyclic) bond motifs is 1. The minimum absolute atomic E-state index is 0.171. The number of allylic oxidation sites excluding steroid dienone is 1. The van der Waals surface area contributed by atoms with Gasteiger partial charge in [0.1, 0.15) is 12.0 Å². The highest BCUT2D eigenvalue weighted by Gasteiger charge is 2.45. The molecule has 0 aromatic rings. The number of hydrogen-bond donors (Lipinski definition) is 1. The number of ether oxygens (including phenoxy) is 2. The topological polar surface area (TPSA) is 63.2 Å². The summed E-state index contributed by atoms with van der Waals surface area (Å²) in [6.07, 6.45) is 10.5. The van der Waals surface area contributed by atoms with Crippen molar-refractivity contribution >= 4 is 11.7 Å². The maximum atomic E-state index is 12.3. The highest BCUT2D eigenvalue weighted by molar-refractivity contribution is 5.99. The lowest BCUT2D eigenvalue weighted by Crippen LogP contribution is -2.43. The Balaban J connectivity index is 1.53. The zero-order chi connectivity index (χ0) is 16.5. The molecule has 2 aliphatic heterocycles. The van der Waals surface area contributed by atoms with E-state index in [-0.39, 0.29) is 24.2 Å². The van der Waals surface area contributed by atoms with Gasteiger partial charge in [-0.2, -0.15) is 0 Å². The van der Waals surface area contributed by atoms with Crippen LogP contribution in [0, 0.1) is 11.8 Å². The van der Waals surface area contributed by atoms with Crippen LogP contribution in [0.1, 0.15) is 51.9 Å². The third-order valence-electron chi connectivity index (χ3n) is 5.32. The Kier molecular flexibility index (Phi) is 4.48. The molecule has 0 aromatic heterocycles. The van der Waals surface area contributed by atoms with Crippen LogP contribution in [-0.2, 0) is 14.3 Å². The Bertz CT molecular complexity index is 550. The maximum absolute atomic E-state index is 12.3. The number of rotatable bonds is 5. The van der Waals surface area contributed by atoms with Gasteiger partial charge in [-0.05, 0) is 45.4 Å². The van der Waals surface area contributed by atoms with Crippen LogP contribution in [0.3, 0.4) is 0 Å². The van der Waals surface area contributed by atoms with Gasteiger partial charge in [-0.1, -0.05) is 6.42 Å². The summed E-state index contributed by atoms with van der Waals surface area (Å²) in [7, 11) is 0. The summed E-state index contributed by atoms with van der Waals surface area (Å²) in [4.78, 5) is 17.1. The van der Waals surface area contributed by atoms with E-state index in [4.69, 9.17) is 14.5 Å². The number of esters is 1. The van der Waals surface area contributed by atoms with Crippen LogP contribution in [0.2, 0.25) is 0 Å². The highest BCUT2D eigenvalue weighted by Crippen LogP contribution is 2.37. The molecule has 0 radical (unpaired) electrons. The molecule has 4 aliphatic rings. The van der Waals surface area contributed by atoms with E-state index < -0.39 is 0 Å². The Labute approximate surface area is 143 Å². The van der Waals surface area contributed by atoms with Crippen molar-refractivity contribution in [1.29, 1.82) is 0 Å². The number of hydrogen-bond acceptors (Lipinski definition) is 6. The molecule has 2 unspecified atom stereocenters. The van der Waals surface area contributed by atoms with Gasteiger partial charge in [-0.25, -0.2) is 5.43 Å². The molecule has 24 heavy (non-hydrogen) atoms. The summed E-state index contributed by atoms with van der Waals surface area (Å²) < 4.78 is 11.6.